The number of nitrogens with zero attached hydrogens (tertiary/aromatic N) is 3. The highest BCUT2D eigenvalue weighted by molar-refractivity contribution is 5.06. The van der Waals surface area contributed by atoms with E-state index in [1.807, 2.05) is 12.1 Å². The molecule has 2 aliphatic heterocycles. The van der Waals surface area contributed by atoms with Gasteiger partial charge in [-0.3, -0.25) is 9.80 Å². The minimum Gasteiger partial charge on any atom is -0.468 e. The number of piperidine rings is 1. The Morgan fingerprint density at radius 3 is 2.61 bits per heavy atom. The summed E-state index contributed by atoms with van der Waals surface area (Å²) in [5.41, 5.74) is 0.343. The van der Waals surface area contributed by atoms with Crippen LogP contribution in [0.1, 0.15) is 25.0 Å². The predicted molar refractivity (Wildman–Crippen MR) is 67.8 cm³/mol. The van der Waals surface area contributed by atoms with E-state index in [-0.39, 0.29) is 0 Å². The predicted octanol–water partition coefficient (Wildman–Crippen LogP) is 1.84. The fourth-order valence-corrected chi connectivity index (χ4v) is 3.23. The molecule has 1 spiro atoms. The number of rotatable bonds is 3. The van der Waals surface area contributed by atoms with Gasteiger partial charge in [0.25, 0.3) is 0 Å². The lowest BCUT2D eigenvalue weighted by Gasteiger charge is -2.55. The zero-order valence-corrected chi connectivity index (χ0v) is 10.6. The van der Waals surface area contributed by atoms with Crippen LogP contribution in [0.25, 0.3) is 0 Å². The lowest BCUT2D eigenvalue weighted by atomic mass is 9.76. The van der Waals surface area contributed by atoms with Gasteiger partial charge in [0, 0.05) is 25.2 Å². The van der Waals surface area contributed by atoms with E-state index in [1.165, 1.54) is 19.3 Å². The van der Waals surface area contributed by atoms with Crippen molar-refractivity contribution >= 4 is 0 Å². The minimum absolute atomic E-state index is 0.343. The second kappa shape index (κ2) is 4.75. The molecule has 0 saturated carbocycles. The molecule has 0 amide bonds. The van der Waals surface area contributed by atoms with Crippen LogP contribution in [-0.2, 0) is 6.54 Å². The van der Waals surface area contributed by atoms with Crippen LogP contribution in [0.3, 0.4) is 0 Å². The fraction of sp³-hybridized carbons (Fsp3) is 0.643. The molecule has 0 radical (unpaired) electrons. The molecule has 4 nitrogen and oxygen atoms in total. The lowest BCUT2D eigenvalue weighted by Crippen LogP contribution is -2.63. The van der Waals surface area contributed by atoms with Crippen molar-refractivity contribution in [3.8, 4) is 6.07 Å². The van der Waals surface area contributed by atoms with Gasteiger partial charge in [-0.15, -0.1) is 0 Å². The van der Waals surface area contributed by atoms with Crippen molar-refractivity contribution in [2.24, 2.45) is 0 Å². The van der Waals surface area contributed by atoms with Gasteiger partial charge in [-0.2, -0.15) is 5.26 Å². The summed E-state index contributed by atoms with van der Waals surface area (Å²) in [6.45, 7) is 4.84. The molecule has 2 aliphatic rings. The normalized spacial score (nSPS) is 23.7. The van der Waals surface area contributed by atoms with Gasteiger partial charge in [0.05, 0.1) is 25.4 Å². The Labute approximate surface area is 108 Å². The number of nitriles is 1. The number of furan rings is 1. The van der Waals surface area contributed by atoms with E-state index in [0.29, 0.717) is 12.1 Å². The topological polar surface area (TPSA) is 43.4 Å². The van der Waals surface area contributed by atoms with E-state index in [9.17, 15) is 0 Å². The number of hydrogen-bond donors (Lipinski definition) is 0. The molecule has 3 heterocycles. The molecule has 0 unspecified atom stereocenters. The largest absolute Gasteiger partial charge is 0.468 e. The van der Waals surface area contributed by atoms with Crippen molar-refractivity contribution in [1.29, 1.82) is 5.26 Å². The molecular formula is C14H19N3O. The molecule has 1 aromatic heterocycles. The van der Waals surface area contributed by atoms with Crippen molar-refractivity contribution in [2.45, 2.75) is 31.3 Å². The van der Waals surface area contributed by atoms with Crippen LogP contribution in [0.5, 0.6) is 0 Å². The van der Waals surface area contributed by atoms with Crippen molar-refractivity contribution < 1.29 is 4.42 Å². The molecule has 3 rings (SSSR count). The third-order valence-corrected chi connectivity index (χ3v) is 4.53. The van der Waals surface area contributed by atoms with Crippen LogP contribution >= 0.6 is 0 Å². The van der Waals surface area contributed by atoms with E-state index in [2.05, 4.69) is 15.9 Å². The van der Waals surface area contributed by atoms with E-state index in [0.717, 1.165) is 31.9 Å². The number of hydrogen-bond acceptors (Lipinski definition) is 4. The Morgan fingerprint density at radius 2 is 2.06 bits per heavy atom. The van der Waals surface area contributed by atoms with Crippen LogP contribution in [0.4, 0.5) is 0 Å². The van der Waals surface area contributed by atoms with Crippen molar-refractivity contribution in [3.05, 3.63) is 24.2 Å². The Balaban J connectivity index is 1.54. The van der Waals surface area contributed by atoms with Crippen LogP contribution in [-0.4, -0.2) is 41.5 Å². The standard InChI is InChI=1S/C14H19N3O/c15-6-10-17-9-5-14(17)3-7-16(8-4-14)12-13-2-1-11-18-13/h1-2,11H,3-5,7-10,12H2. The molecule has 2 saturated heterocycles. The zero-order chi connectivity index (χ0) is 12.4. The average molecular weight is 245 g/mol. The van der Waals surface area contributed by atoms with E-state index in [4.69, 9.17) is 9.68 Å². The highest BCUT2D eigenvalue weighted by atomic mass is 16.3. The third kappa shape index (κ3) is 2.05. The molecule has 0 atom stereocenters. The maximum atomic E-state index is 8.82. The van der Waals surface area contributed by atoms with E-state index < -0.39 is 0 Å². The SMILES string of the molecule is N#CCN1CCC12CCN(Cc1ccco1)CC2. The first-order chi connectivity index (χ1) is 8.82. The second-order valence-corrected chi connectivity index (χ2v) is 5.41. The average Bonchev–Trinajstić information content (AvgIpc) is 2.88. The van der Waals surface area contributed by atoms with Crippen LogP contribution < -0.4 is 0 Å². The van der Waals surface area contributed by atoms with Gasteiger partial charge in [0.15, 0.2) is 0 Å². The van der Waals surface area contributed by atoms with Crippen molar-refractivity contribution in [3.63, 3.8) is 0 Å². The molecule has 0 bridgehead atoms. The summed E-state index contributed by atoms with van der Waals surface area (Å²) in [6.07, 6.45) is 5.38. The Hall–Kier alpha value is -1.31. The summed E-state index contributed by atoms with van der Waals surface area (Å²) in [5.74, 6) is 1.05. The summed E-state index contributed by atoms with van der Waals surface area (Å²) in [6, 6.07) is 6.27. The summed E-state index contributed by atoms with van der Waals surface area (Å²) < 4.78 is 5.39. The molecule has 1 aromatic rings. The first-order valence-electron chi connectivity index (χ1n) is 6.69. The molecule has 96 valence electrons. The van der Waals surface area contributed by atoms with E-state index in [1.54, 1.807) is 6.26 Å². The maximum absolute atomic E-state index is 8.82. The molecule has 2 fully saturated rings. The van der Waals surface area contributed by atoms with Crippen molar-refractivity contribution in [1.82, 2.24) is 9.80 Å². The van der Waals surface area contributed by atoms with Crippen LogP contribution in [0.2, 0.25) is 0 Å². The van der Waals surface area contributed by atoms with Gasteiger partial charge >= 0.3 is 0 Å². The molecule has 0 aromatic carbocycles. The smallest absolute Gasteiger partial charge is 0.117 e. The van der Waals surface area contributed by atoms with Gasteiger partial charge in [-0.25, -0.2) is 0 Å². The minimum atomic E-state index is 0.343. The second-order valence-electron chi connectivity index (χ2n) is 5.41. The first-order valence-corrected chi connectivity index (χ1v) is 6.69. The van der Waals surface area contributed by atoms with Gasteiger partial charge in [-0.05, 0) is 31.4 Å². The van der Waals surface area contributed by atoms with Crippen LogP contribution in [0, 0.1) is 11.3 Å². The molecule has 4 heteroatoms. The van der Waals surface area contributed by atoms with Gasteiger partial charge in [0.1, 0.15) is 5.76 Å². The maximum Gasteiger partial charge on any atom is 0.117 e. The third-order valence-electron chi connectivity index (χ3n) is 4.53. The summed E-state index contributed by atoms with van der Waals surface area (Å²) in [5, 5.41) is 8.82. The lowest BCUT2D eigenvalue weighted by molar-refractivity contribution is -0.0515. The highest BCUT2D eigenvalue weighted by Gasteiger charge is 2.45. The summed E-state index contributed by atoms with van der Waals surface area (Å²) in [4.78, 5) is 4.81. The van der Waals surface area contributed by atoms with E-state index >= 15 is 0 Å². The molecule has 0 aliphatic carbocycles. The van der Waals surface area contributed by atoms with Crippen LogP contribution in [0.15, 0.2) is 22.8 Å². The summed E-state index contributed by atoms with van der Waals surface area (Å²) in [7, 11) is 0. The van der Waals surface area contributed by atoms with Gasteiger partial charge < -0.3 is 4.42 Å². The molecule has 18 heavy (non-hydrogen) atoms. The first kappa shape index (κ1) is 11.8. The van der Waals surface area contributed by atoms with Crippen molar-refractivity contribution in [2.75, 3.05) is 26.2 Å². The fourth-order valence-electron chi connectivity index (χ4n) is 3.23. The van der Waals surface area contributed by atoms with Gasteiger partial charge in [-0.1, -0.05) is 0 Å². The Kier molecular flexibility index (Phi) is 3.11. The molecule has 0 N–H and O–H groups in total. The Bertz CT molecular complexity index is 426. The highest BCUT2D eigenvalue weighted by Crippen LogP contribution is 2.39. The van der Waals surface area contributed by atoms with Gasteiger partial charge in [0.2, 0.25) is 0 Å². The quantitative estimate of drug-likeness (QED) is 0.762. The zero-order valence-electron chi connectivity index (χ0n) is 10.6. The monoisotopic (exact) mass is 245 g/mol. The molecular weight excluding hydrogens is 226 g/mol. The summed E-state index contributed by atoms with van der Waals surface area (Å²) >= 11 is 0. The number of likely N-dealkylation sites (tertiary alicyclic amines) is 2. The Morgan fingerprint density at radius 1 is 1.28 bits per heavy atom.